The molecule has 4 rings (SSSR count). The minimum Gasteiger partial charge on any atom is -1.00 e. The van der Waals surface area contributed by atoms with Crippen molar-refractivity contribution in [3.8, 4) is 11.1 Å². The fourth-order valence-corrected chi connectivity index (χ4v) is 6.44. The number of benzene rings is 2. The molecule has 2 aliphatic rings. The monoisotopic (exact) mass is 628 g/mol. The van der Waals surface area contributed by atoms with E-state index in [1.165, 1.54) is 46.2 Å². The summed E-state index contributed by atoms with van der Waals surface area (Å²) in [6.45, 7) is 22.8. The van der Waals surface area contributed by atoms with Crippen LogP contribution in [0.5, 0.6) is 0 Å². The van der Waals surface area contributed by atoms with Gasteiger partial charge in [-0.25, -0.2) is 12.2 Å². The zero-order valence-corrected chi connectivity index (χ0v) is 29.3. The zero-order valence-electron chi connectivity index (χ0n) is 25.4. The predicted molar refractivity (Wildman–Crippen MR) is 156 cm³/mol. The molecule has 2 aromatic rings. The van der Waals surface area contributed by atoms with Crippen LogP contribution in [0.15, 0.2) is 48.6 Å². The Morgan fingerprint density at radius 3 is 1.84 bits per heavy atom. The van der Waals surface area contributed by atoms with Crippen LogP contribution in [0.1, 0.15) is 111 Å². The third-order valence-corrected chi connectivity index (χ3v) is 7.36. The van der Waals surface area contributed by atoms with Gasteiger partial charge in [-0.15, -0.1) is 17.5 Å². The third-order valence-electron chi connectivity index (χ3n) is 6.36. The van der Waals surface area contributed by atoms with Crippen LogP contribution < -0.4 is 24.8 Å². The Bertz CT molecular complexity index is 993. The molecular formula is C35H48Cl2Zr-2. The van der Waals surface area contributed by atoms with Gasteiger partial charge in [0, 0.05) is 0 Å². The Balaban J connectivity index is 0.000000676. The molecule has 0 amide bonds. The van der Waals surface area contributed by atoms with Gasteiger partial charge in [-0.1, -0.05) is 65.3 Å². The molecule has 3 heteroatoms. The van der Waals surface area contributed by atoms with Crippen LogP contribution in [0.3, 0.4) is 0 Å². The second-order valence-corrected chi connectivity index (χ2v) is 14.9. The van der Waals surface area contributed by atoms with Gasteiger partial charge in [-0.2, -0.15) is 29.8 Å². The Morgan fingerprint density at radius 1 is 0.842 bits per heavy atom. The summed E-state index contributed by atoms with van der Waals surface area (Å²) in [5.74, 6) is 1.71. The predicted octanol–water partition coefficient (Wildman–Crippen LogP) is 3.76. The number of fused-ring (bicyclic) bond motifs is 3. The standard InChI is InChI=1S/C21H25.C9H18.C5H5.2ClH.Zr/c1-20(2,3)16-7-9-18-14(12-16)11-15-13-17(21(4,5)6)8-10-19(15)18;1-8(2)6-5-7-9(3)4;1-2-4-5-3-1;;;/h7-10,12H,11H2,1-6H3;8-9H,6-7H2,1-4H3;1-3H,4H2;2*1H;/q-1;;-1;;;+2/p-2. The molecule has 0 unspecified atom stereocenters. The molecule has 0 bridgehead atoms. The number of allylic oxidation sites excluding steroid dienone is 4. The molecule has 0 radical (unpaired) electrons. The van der Waals surface area contributed by atoms with E-state index in [4.69, 9.17) is 0 Å². The van der Waals surface area contributed by atoms with Gasteiger partial charge in [0.2, 0.25) is 0 Å². The maximum atomic E-state index is 3.67. The van der Waals surface area contributed by atoms with E-state index in [1.54, 1.807) is 27.4 Å². The summed E-state index contributed by atoms with van der Waals surface area (Å²) < 4.78 is 1.75. The van der Waals surface area contributed by atoms with Crippen molar-refractivity contribution in [1.82, 2.24) is 0 Å². The van der Waals surface area contributed by atoms with Gasteiger partial charge in [0.1, 0.15) is 0 Å². The Labute approximate surface area is 262 Å². The van der Waals surface area contributed by atoms with Crippen LogP contribution in [0.2, 0.25) is 0 Å². The number of hydrogen-bond acceptors (Lipinski definition) is 0. The van der Waals surface area contributed by atoms with E-state index in [0.29, 0.717) is 0 Å². The minimum atomic E-state index is 0. The Kier molecular flexibility index (Phi) is 16.2. The summed E-state index contributed by atoms with van der Waals surface area (Å²) in [6.07, 6.45) is 13.7. The average molecular weight is 631 g/mol. The largest absolute Gasteiger partial charge is 1.00 e. The van der Waals surface area contributed by atoms with E-state index in [2.05, 4.69) is 118 Å². The molecule has 2 aliphatic carbocycles. The van der Waals surface area contributed by atoms with Gasteiger partial charge in [0.25, 0.3) is 0 Å². The van der Waals surface area contributed by atoms with Crippen LogP contribution in [0.4, 0.5) is 0 Å². The molecule has 0 atom stereocenters. The molecule has 0 N–H and O–H groups in total. The first-order valence-corrected chi connectivity index (χ1v) is 14.9. The summed E-state index contributed by atoms with van der Waals surface area (Å²) in [7, 11) is 0. The molecule has 0 saturated carbocycles. The van der Waals surface area contributed by atoms with Crippen molar-refractivity contribution in [3.63, 3.8) is 0 Å². The summed E-state index contributed by atoms with van der Waals surface area (Å²) in [5.41, 5.74) is 8.70. The van der Waals surface area contributed by atoms with Crippen molar-refractivity contribution >= 4 is 3.21 Å². The topological polar surface area (TPSA) is 0 Å². The van der Waals surface area contributed by atoms with E-state index < -0.39 is 0 Å². The Morgan fingerprint density at radius 2 is 1.42 bits per heavy atom. The quantitative estimate of drug-likeness (QED) is 0.386. The third kappa shape index (κ3) is 12.2. The molecule has 0 heterocycles. The van der Waals surface area contributed by atoms with E-state index in [9.17, 15) is 0 Å². The van der Waals surface area contributed by atoms with Gasteiger partial charge in [0.05, 0.1) is 0 Å². The van der Waals surface area contributed by atoms with Crippen molar-refractivity contribution in [2.24, 2.45) is 11.8 Å². The molecule has 0 aromatic heterocycles. The molecule has 2 aromatic carbocycles. The SMILES string of the molecule is CC(C)(C)c1[c-]c2c(cc1)-c1ccc(C(C)(C)C)cc1C2.CC(C)C[C](=[Zr+2])CC(C)C.[C-]1=CC=CC1.[Cl-].[Cl-]. The molecule has 0 spiro atoms. The maximum Gasteiger partial charge on any atom is -0.109 e. The van der Waals surface area contributed by atoms with Gasteiger partial charge >= 0.3 is 79.8 Å². The fraction of sp³-hybridized carbons (Fsp3) is 0.514. The van der Waals surface area contributed by atoms with Crippen molar-refractivity contribution < 1.29 is 49.0 Å². The zero-order chi connectivity index (χ0) is 27.1. The van der Waals surface area contributed by atoms with E-state index in [0.717, 1.165) is 24.7 Å². The fourth-order valence-electron chi connectivity index (χ4n) is 4.44. The molecule has 38 heavy (non-hydrogen) atoms. The number of halogens is 2. The molecule has 208 valence electrons. The van der Waals surface area contributed by atoms with Crippen LogP contribution >= 0.6 is 0 Å². The molecule has 0 saturated heterocycles. The Hall–Kier alpha value is -0.747. The van der Waals surface area contributed by atoms with Crippen molar-refractivity contribution in [3.05, 3.63) is 83.0 Å². The van der Waals surface area contributed by atoms with Crippen LogP contribution in [0.25, 0.3) is 11.1 Å². The second-order valence-electron chi connectivity index (χ2n) is 13.1. The van der Waals surface area contributed by atoms with E-state index in [1.807, 2.05) is 12.2 Å². The van der Waals surface area contributed by atoms with Gasteiger partial charge in [-0.05, 0) is 28.4 Å². The van der Waals surface area contributed by atoms with Crippen LogP contribution in [0, 0.1) is 24.0 Å². The maximum absolute atomic E-state index is 3.67. The first kappa shape index (κ1) is 37.3. The minimum absolute atomic E-state index is 0. The van der Waals surface area contributed by atoms with Crippen molar-refractivity contribution in [1.29, 1.82) is 0 Å². The first-order valence-electron chi connectivity index (χ1n) is 13.7. The normalized spacial score (nSPS) is 13.0. The summed E-state index contributed by atoms with van der Waals surface area (Å²) >= 11 is 1.65. The smallest absolute Gasteiger partial charge is 0.109 e. The van der Waals surface area contributed by atoms with E-state index >= 15 is 0 Å². The van der Waals surface area contributed by atoms with Crippen LogP contribution in [-0.4, -0.2) is 3.21 Å². The van der Waals surface area contributed by atoms with Gasteiger partial charge < -0.3 is 24.8 Å². The summed E-state index contributed by atoms with van der Waals surface area (Å²) in [5, 5.41) is 0. The second kappa shape index (κ2) is 16.5. The first-order chi connectivity index (χ1) is 16.7. The molecule has 0 nitrogen and oxygen atoms in total. The van der Waals surface area contributed by atoms with Crippen molar-refractivity contribution in [2.75, 3.05) is 0 Å². The molecule has 0 fully saturated rings. The summed E-state index contributed by atoms with van der Waals surface area (Å²) in [4.78, 5) is 0. The van der Waals surface area contributed by atoms with E-state index in [-0.39, 0.29) is 35.6 Å². The number of hydrogen-bond donors (Lipinski definition) is 0. The summed E-state index contributed by atoms with van der Waals surface area (Å²) in [6, 6.07) is 15.2. The molecular weight excluding hydrogens is 583 g/mol. The van der Waals surface area contributed by atoms with Crippen molar-refractivity contribution in [2.45, 2.75) is 106 Å². The van der Waals surface area contributed by atoms with Gasteiger partial charge in [0.15, 0.2) is 0 Å². The molecule has 0 aliphatic heterocycles. The number of rotatable bonds is 4. The van der Waals surface area contributed by atoms with Crippen LogP contribution in [-0.2, 0) is 41.5 Å². The van der Waals surface area contributed by atoms with Gasteiger partial charge in [-0.3, -0.25) is 6.08 Å². The average Bonchev–Trinajstić information content (AvgIpc) is 3.42.